The SMILES string of the molecule is CCOC(=O)CC1C=CC=CC1OCc1coc2c(Cl)cc(-c3cccc(CN)c3)cc12. The van der Waals surface area contributed by atoms with E-state index in [-0.39, 0.29) is 24.4 Å². The maximum Gasteiger partial charge on any atom is 0.306 e. The molecule has 2 atom stereocenters. The van der Waals surface area contributed by atoms with Crippen LogP contribution in [0.2, 0.25) is 5.02 Å². The second-order valence-corrected chi connectivity index (χ2v) is 8.13. The molecule has 0 aliphatic heterocycles. The summed E-state index contributed by atoms with van der Waals surface area (Å²) in [5.41, 5.74) is 10.4. The Kier molecular flexibility index (Phi) is 7.10. The monoisotopic (exact) mass is 451 g/mol. The van der Waals surface area contributed by atoms with Crippen LogP contribution >= 0.6 is 11.6 Å². The Morgan fingerprint density at radius 3 is 2.81 bits per heavy atom. The summed E-state index contributed by atoms with van der Waals surface area (Å²) in [5.74, 6) is -0.300. The van der Waals surface area contributed by atoms with Crippen molar-refractivity contribution in [1.29, 1.82) is 0 Å². The van der Waals surface area contributed by atoms with Gasteiger partial charge in [-0.25, -0.2) is 0 Å². The Labute approximate surface area is 192 Å². The molecule has 3 aromatic rings. The number of hydrogen-bond donors (Lipinski definition) is 1. The standard InChI is InChI=1S/C26H26ClNO4/c1-2-30-25(29)13-19-7-3-4-9-24(19)31-15-21-16-32-26-22(21)11-20(12-23(26)27)18-8-5-6-17(10-18)14-28/h3-12,16,19,24H,2,13-15,28H2,1H3. The average Bonchev–Trinajstić information content (AvgIpc) is 3.22. The van der Waals surface area contributed by atoms with Crippen molar-refractivity contribution in [3.05, 3.63) is 83.1 Å². The zero-order chi connectivity index (χ0) is 22.5. The van der Waals surface area contributed by atoms with Crippen molar-refractivity contribution in [1.82, 2.24) is 0 Å². The number of hydrogen-bond acceptors (Lipinski definition) is 5. The minimum atomic E-state index is -0.228. The van der Waals surface area contributed by atoms with E-state index in [1.165, 1.54) is 0 Å². The molecule has 1 aliphatic rings. The van der Waals surface area contributed by atoms with Gasteiger partial charge in [0.1, 0.15) is 0 Å². The minimum absolute atomic E-state index is 0.0737. The highest BCUT2D eigenvalue weighted by Gasteiger charge is 2.24. The molecular weight excluding hydrogens is 426 g/mol. The molecule has 6 heteroatoms. The van der Waals surface area contributed by atoms with E-state index >= 15 is 0 Å². The van der Waals surface area contributed by atoms with Crippen molar-refractivity contribution in [3.8, 4) is 11.1 Å². The van der Waals surface area contributed by atoms with E-state index < -0.39 is 0 Å². The number of fused-ring (bicyclic) bond motifs is 1. The molecule has 5 nitrogen and oxygen atoms in total. The van der Waals surface area contributed by atoms with Crippen LogP contribution < -0.4 is 5.73 Å². The van der Waals surface area contributed by atoms with E-state index in [0.717, 1.165) is 27.6 Å². The largest absolute Gasteiger partial charge is 0.466 e. The van der Waals surface area contributed by atoms with Gasteiger partial charge in [-0.05, 0) is 41.8 Å². The number of furan rings is 1. The van der Waals surface area contributed by atoms with Crippen LogP contribution in [0.5, 0.6) is 0 Å². The van der Waals surface area contributed by atoms with Crippen molar-refractivity contribution >= 4 is 28.5 Å². The predicted molar refractivity (Wildman–Crippen MR) is 126 cm³/mol. The van der Waals surface area contributed by atoms with Gasteiger partial charge in [0.15, 0.2) is 5.58 Å². The third-order valence-electron chi connectivity index (χ3n) is 5.54. The first-order valence-electron chi connectivity index (χ1n) is 10.7. The zero-order valence-corrected chi connectivity index (χ0v) is 18.7. The number of nitrogens with two attached hydrogens (primary N) is 1. The summed E-state index contributed by atoms with van der Waals surface area (Å²) in [6.07, 6.45) is 9.53. The van der Waals surface area contributed by atoms with Gasteiger partial charge in [-0.15, -0.1) is 0 Å². The quantitative estimate of drug-likeness (QED) is 0.438. The van der Waals surface area contributed by atoms with Gasteiger partial charge in [-0.3, -0.25) is 4.79 Å². The van der Waals surface area contributed by atoms with Crippen LogP contribution in [0.4, 0.5) is 0 Å². The van der Waals surface area contributed by atoms with Crippen molar-refractivity contribution in [3.63, 3.8) is 0 Å². The first-order chi connectivity index (χ1) is 15.6. The topological polar surface area (TPSA) is 74.7 Å². The first kappa shape index (κ1) is 22.3. The predicted octanol–water partition coefficient (Wildman–Crippen LogP) is 5.79. The van der Waals surface area contributed by atoms with Crippen LogP contribution in [0.15, 0.2) is 71.4 Å². The Balaban J connectivity index is 1.55. The smallest absolute Gasteiger partial charge is 0.306 e. The average molecular weight is 452 g/mol. The van der Waals surface area contributed by atoms with Crippen LogP contribution in [0.1, 0.15) is 24.5 Å². The number of carbonyl (C=O) groups excluding carboxylic acids is 1. The molecule has 0 radical (unpaired) electrons. The van der Waals surface area contributed by atoms with Crippen LogP contribution in [-0.2, 0) is 27.4 Å². The Morgan fingerprint density at radius 1 is 1.16 bits per heavy atom. The molecule has 32 heavy (non-hydrogen) atoms. The molecule has 0 spiro atoms. The molecule has 2 aromatic carbocycles. The molecule has 0 fully saturated rings. The summed E-state index contributed by atoms with van der Waals surface area (Å²) >= 11 is 6.53. The summed E-state index contributed by atoms with van der Waals surface area (Å²) in [7, 11) is 0. The number of allylic oxidation sites excluding steroid dienone is 2. The number of benzene rings is 2. The van der Waals surface area contributed by atoms with Crippen LogP contribution in [-0.4, -0.2) is 18.7 Å². The fraction of sp³-hybridized carbons (Fsp3) is 0.269. The fourth-order valence-electron chi connectivity index (χ4n) is 3.90. The lowest BCUT2D eigenvalue weighted by Gasteiger charge is -2.23. The summed E-state index contributed by atoms with van der Waals surface area (Å²) < 4.78 is 17.0. The Morgan fingerprint density at radius 2 is 2.00 bits per heavy atom. The van der Waals surface area contributed by atoms with Crippen LogP contribution in [0, 0.1) is 5.92 Å². The second-order valence-electron chi connectivity index (χ2n) is 7.72. The van der Waals surface area contributed by atoms with Gasteiger partial charge in [0.25, 0.3) is 0 Å². The number of ether oxygens (including phenoxy) is 2. The highest BCUT2D eigenvalue weighted by Crippen LogP contribution is 2.35. The number of rotatable bonds is 8. The molecule has 1 aliphatic carbocycles. The van der Waals surface area contributed by atoms with Gasteiger partial charge in [0.05, 0.1) is 37.0 Å². The van der Waals surface area contributed by atoms with E-state index in [2.05, 4.69) is 12.1 Å². The van der Waals surface area contributed by atoms with Gasteiger partial charge in [-0.2, -0.15) is 0 Å². The fourth-order valence-corrected chi connectivity index (χ4v) is 4.16. The molecule has 1 heterocycles. The van der Waals surface area contributed by atoms with E-state index in [0.29, 0.717) is 30.4 Å². The first-order valence-corrected chi connectivity index (χ1v) is 11.1. The number of esters is 1. The number of carbonyl (C=O) groups is 1. The van der Waals surface area contributed by atoms with E-state index in [4.69, 9.17) is 31.2 Å². The van der Waals surface area contributed by atoms with Crippen LogP contribution in [0.3, 0.4) is 0 Å². The van der Waals surface area contributed by atoms with Crippen molar-refractivity contribution in [2.45, 2.75) is 32.6 Å². The van der Waals surface area contributed by atoms with E-state index in [1.54, 1.807) is 13.2 Å². The lowest BCUT2D eigenvalue weighted by atomic mass is 9.94. The molecule has 2 unspecified atom stereocenters. The zero-order valence-electron chi connectivity index (χ0n) is 17.9. The molecule has 0 amide bonds. The summed E-state index contributed by atoms with van der Waals surface area (Å²) in [6.45, 7) is 2.98. The van der Waals surface area contributed by atoms with Gasteiger partial charge in [-0.1, -0.05) is 54.1 Å². The van der Waals surface area contributed by atoms with Gasteiger partial charge >= 0.3 is 5.97 Å². The Hall–Kier alpha value is -2.86. The molecule has 0 saturated carbocycles. The molecule has 0 saturated heterocycles. The third-order valence-corrected chi connectivity index (χ3v) is 5.82. The molecule has 166 valence electrons. The third kappa shape index (κ3) is 4.96. The molecular formula is C26H26ClNO4. The lowest BCUT2D eigenvalue weighted by Crippen LogP contribution is -2.25. The van der Waals surface area contributed by atoms with E-state index in [9.17, 15) is 4.79 Å². The minimum Gasteiger partial charge on any atom is -0.466 e. The van der Waals surface area contributed by atoms with Gasteiger partial charge in [0.2, 0.25) is 0 Å². The maximum atomic E-state index is 11.9. The van der Waals surface area contributed by atoms with Crippen molar-refractivity contribution in [2.24, 2.45) is 11.7 Å². The molecule has 2 N–H and O–H groups in total. The summed E-state index contributed by atoms with van der Waals surface area (Å²) in [5, 5.41) is 1.45. The van der Waals surface area contributed by atoms with Crippen LogP contribution in [0.25, 0.3) is 22.1 Å². The van der Waals surface area contributed by atoms with E-state index in [1.807, 2.05) is 48.6 Å². The summed E-state index contributed by atoms with van der Waals surface area (Å²) in [4.78, 5) is 11.9. The number of halogens is 1. The maximum absolute atomic E-state index is 11.9. The molecule has 0 bridgehead atoms. The van der Waals surface area contributed by atoms with Crippen molar-refractivity contribution in [2.75, 3.05) is 6.61 Å². The van der Waals surface area contributed by atoms with Gasteiger partial charge < -0.3 is 19.6 Å². The Bertz CT molecular complexity index is 1160. The second kappa shape index (κ2) is 10.2. The summed E-state index contributed by atoms with van der Waals surface area (Å²) in [6, 6.07) is 12.0. The van der Waals surface area contributed by atoms with Gasteiger partial charge in [0, 0.05) is 23.4 Å². The highest BCUT2D eigenvalue weighted by atomic mass is 35.5. The molecule has 4 rings (SSSR count). The van der Waals surface area contributed by atoms with Crippen molar-refractivity contribution < 1.29 is 18.7 Å². The lowest BCUT2D eigenvalue weighted by molar-refractivity contribution is -0.144. The molecule has 1 aromatic heterocycles. The highest BCUT2D eigenvalue weighted by molar-refractivity contribution is 6.35. The normalized spacial score (nSPS) is 17.7.